The monoisotopic (exact) mass is 318 g/mol. The van der Waals surface area contributed by atoms with Gasteiger partial charge in [0.15, 0.2) is 0 Å². The van der Waals surface area contributed by atoms with Crippen molar-refractivity contribution >= 4 is 17.5 Å². The molecule has 0 spiro atoms. The minimum atomic E-state index is -0.172. The number of morpholine rings is 1. The molecule has 1 fully saturated rings. The lowest BCUT2D eigenvalue weighted by atomic mass is 10.1. The maximum atomic E-state index is 12.1. The Morgan fingerprint density at radius 3 is 2.65 bits per heavy atom. The average Bonchev–Trinajstić information content (AvgIpc) is 2.53. The topological polar surface area (TPSA) is 58.6 Å². The lowest BCUT2D eigenvalue weighted by Gasteiger charge is -2.33. The number of ether oxygens (including phenoxy) is 1. The van der Waals surface area contributed by atoms with Crippen LogP contribution in [0.25, 0.3) is 0 Å². The first-order chi connectivity index (χ1) is 11.0. The van der Waals surface area contributed by atoms with Gasteiger partial charge in [-0.05, 0) is 30.0 Å². The average molecular weight is 318 g/mol. The van der Waals surface area contributed by atoms with Gasteiger partial charge in [-0.15, -0.1) is 0 Å². The number of amides is 2. The van der Waals surface area contributed by atoms with Crippen LogP contribution in [0.4, 0.5) is 5.69 Å². The number of hydrogen-bond donors (Lipinski definition) is 1. The number of hydrogen-bond acceptors (Lipinski definition) is 3. The van der Waals surface area contributed by atoms with E-state index in [9.17, 15) is 9.59 Å². The van der Waals surface area contributed by atoms with Gasteiger partial charge in [0.25, 0.3) is 5.91 Å². The van der Waals surface area contributed by atoms with Gasteiger partial charge in [-0.3, -0.25) is 9.59 Å². The molecule has 1 aromatic rings. The van der Waals surface area contributed by atoms with E-state index in [0.717, 1.165) is 12.1 Å². The summed E-state index contributed by atoms with van der Waals surface area (Å²) in [4.78, 5) is 25.6. The van der Waals surface area contributed by atoms with Crippen LogP contribution in [-0.4, -0.2) is 37.6 Å². The van der Waals surface area contributed by atoms with Crippen molar-refractivity contribution in [3.8, 4) is 0 Å². The normalized spacial score (nSPS) is 18.3. The summed E-state index contributed by atoms with van der Waals surface area (Å²) in [5.41, 5.74) is 2.13. The Labute approximate surface area is 138 Å². The molecule has 0 saturated carbocycles. The van der Waals surface area contributed by atoms with Crippen molar-refractivity contribution in [2.75, 3.05) is 24.6 Å². The Balaban J connectivity index is 1.93. The summed E-state index contributed by atoms with van der Waals surface area (Å²) in [5.74, 6) is 0.316. The molecule has 1 heterocycles. The minimum absolute atomic E-state index is 0.0272. The number of carbonyl (C=O) groups is 2. The van der Waals surface area contributed by atoms with Gasteiger partial charge in [0, 0.05) is 18.7 Å². The van der Waals surface area contributed by atoms with Crippen LogP contribution in [-0.2, 0) is 20.7 Å². The molecular weight excluding hydrogens is 292 g/mol. The molecule has 1 saturated heterocycles. The van der Waals surface area contributed by atoms with Crippen LogP contribution in [0.2, 0.25) is 0 Å². The predicted molar refractivity (Wildman–Crippen MR) is 90.4 cm³/mol. The van der Waals surface area contributed by atoms with Crippen LogP contribution in [0, 0.1) is 5.92 Å². The van der Waals surface area contributed by atoms with E-state index in [0.29, 0.717) is 25.4 Å². The smallest absolute Gasteiger partial charge is 0.253 e. The highest BCUT2D eigenvalue weighted by Gasteiger charge is 2.27. The zero-order valence-electron chi connectivity index (χ0n) is 14.2. The predicted octanol–water partition coefficient (Wildman–Crippen LogP) is 2.14. The first-order valence-corrected chi connectivity index (χ1v) is 8.27. The molecule has 0 aliphatic carbocycles. The summed E-state index contributed by atoms with van der Waals surface area (Å²) in [5, 5.41) is 2.89. The third-order valence-electron chi connectivity index (χ3n) is 3.91. The number of anilines is 1. The highest BCUT2D eigenvalue weighted by molar-refractivity contribution is 5.95. The molecule has 5 heteroatoms. The fourth-order valence-electron chi connectivity index (χ4n) is 2.58. The van der Waals surface area contributed by atoms with Crippen molar-refractivity contribution in [3.63, 3.8) is 0 Å². The van der Waals surface area contributed by atoms with Gasteiger partial charge in [-0.2, -0.15) is 0 Å². The number of nitrogens with zero attached hydrogens (tertiary/aromatic N) is 1. The minimum Gasteiger partial charge on any atom is -0.365 e. The molecule has 2 rings (SSSR count). The standard InChI is InChI=1S/C18H26N2O3/c1-4-14-5-7-15(8-6-14)20-11-16(23-12-18(20)22)10-19-17(21)9-13(2)3/h5-8,13,16H,4,9-12H2,1-3H3,(H,19,21). The largest absolute Gasteiger partial charge is 0.365 e. The number of aryl methyl sites for hydroxylation is 1. The van der Waals surface area contributed by atoms with Crippen LogP contribution in [0.15, 0.2) is 24.3 Å². The maximum absolute atomic E-state index is 12.1. The summed E-state index contributed by atoms with van der Waals surface area (Å²) in [7, 11) is 0. The Morgan fingerprint density at radius 1 is 1.35 bits per heavy atom. The van der Waals surface area contributed by atoms with Gasteiger partial charge in [0.2, 0.25) is 5.91 Å². The summed E-state index contributed by atoms with van der Waals surface area (Å²) in [6.45, 7) is 7.08. The summed E-state index contributed by atoms with van der Waals surface area (Å²) in [6.07, 6.45) is 1.31. The van der Waals surface area contributed by atoms with E-state index in [1.807, 2.05) is 38.1 Å². The van der Waals surface area contributed by atoms with Gasteiger partial charge < -0.3 is 15.0 Å². The van der Waals surface area contributed by atoms with E-state index in [1.165, 1.54) is 5.56 Å². The van der Waals surface area contributed by atoms with Gasteiger partial charge >= 0.3 is 0 Å². The number of carbonyl (C=O) groups excluding carboxylic acids is 2. The van der Waals surface area contributed by atoms with Gasteiger partial charge in [0.05, 0.1) is 12.6 Å². The van der Waals surface area contributed by atoms with E-state index in [2.05, 4.69) is 12.2 Å². The Morgan fingerprint density at radius 2 is 2.04 bits per heavy atom. The number of benzene rings is 1. The fraction of sp³-hybridized carbons (Fsp3) is 0.556. The molecule has 1 aliphatic heterocycles. The fourth-order valence-corrected chi connectivity index (χ4v) is 2.58. The molecule has 2 amide bonds. The summed E-state index contributed by atoms with van der Waals surface area (Å²) < 4.78 is 5.54. The van der Waals surface area contributed by atoms with E-state index < -0.39 is 0 Å². The van der Waals surface area contributed by atoms with Crippen LogP contribution in [0.1, 0.15) is 32.8 Å². The zero-order chi connectivity index (χ0) is 16.8. The van der Waals surface area contributed by atoms with Crippen LogP contribution < -0.4 is 10.2 Å². The first-order valence-electron chi connectivity index (χ1n) is 8.27. The van der Waals surface area contributed by atoms with Gasteiger partial charge in [-0.25, -0.2) is 0 Å². The molecular formula is C18H26N2O3. The number of nitrogens with one attached hydrogen (secondary N) is 1. The molecule has 0 aromatic heterocycles. The molecule has 23 heavy (non-hydrogen) atoms. The second kappa shape index (κ2) is 8.11. The van der Waals surface area contributed by atoms with E-state index in [1.54, 1.807) is 4.90 Å². The Hall–Kier alpha value is -1.88. The van der Waals surface area contributed by atoms with Crippen molar-refractivity contribution in [1.82, 2.24) is 5.32 Å². The molecule has 1 N–H and O–H groups in total. The third kappa shape index (κ3) is 5.06. The van der Waals surface area contributed by atoms with E-state index in [-0.39, 0.29) is 24.5 Å². The second-order valence-corrected chi connectivity index (χ2v) is 6.36. The highest BCUT2D eigenvalue weighted by atomic mass is 16.5. The molecule has 126 valence electrons. The lowest BCUT2D eigenvalue weighted by molar-refractivity contribution is -0.129. The van der Waals surface area contributed by atoms with Crippen LogP contribution in [0.3, 0.4) is 0 Å². The molecule has 0 bridgehead atoms. The molecule has 1 aliphatic rings. The van der Waals surface area contributed by atoms with Crippen molar-refractivity contribution in [2.24, 2.45) is 5.92 Å². The first kappa shape index (κ1) is 17.5. The van der Waals surface area contributed by atoms with Gasteiger partial charge in [-0.1, -0.05) is 32.9 Å². The van der Waals surface area contributed by atoms with Gasteiger partial charge in [0.1, 0.15) is 6.61 Å². The Bertz CT molecular complexity index is 540. The highest BCUT2D eigenvalue weighted by Crippen LogP contribution is 2.19. The molecule has 1 unspecified atom stereocenters. The quantitative estimate of drug-likeness (QED) is 0.874. The molecule has 0 radical (unpaired) electrons. The third-order valence-corrected chi connectivity index (χ3v) is 3.91. The molecule has 5 nitrogen and oxygen atoms in total. The van der Waals surface area contributed by atoms with Crippen LogP contribution in [0.5, 0.6) is 0 Å². The molecule has 1 atom stereocenters. The van der Waals surface area contributed by atoms with E-state index >= 15 is 0 Å². The van der Waals surface area contributed by atoms with E-state index in [4.69, 9.17) is 4.74 Å². The maximum Gasteiger partial charge on any atom is 0.253 e. The zero-order valence-corrected chi connectivity index (χ0v) is 14.2. The number of rotatable bonds is 6. The lowest BCUT2D eigenvalue weighted by Crippen LogP contribution is -2.50. The second-order valence-electron chi connectivity index (χ2n) is 6.36. The van der Waals surface area contributed by atoms with Crippen molar-refractivity contribution in [3.05, 3.63) is 29.8 Å². The van der Waals surface area contributed by atoms with Crippen LogP contribution >= 0.6 is 0 Å². The van der Waals surface area contributed by atoms with Crippen molar-refractivity contribution in [1.29, 1.82) is 0 Å². The summed E-state index contributed by atoms with van der Waals surface area (Å²) >= 11 is 0. The Kier molecular flexibility index (Phi) is 6.16. The van der Waals surface area contributed by atoms with Crippen molar-refractivity contribution in [2.45, 2.75) is 39.7 Å². The summed E-state index contributed by atoms with van der Waals surface area (Å²) in [6, 6.07) is 8.02. The SMILES string of the molecule is CCc1ccc(N2CC(CNC(=O)CC(C)C)OCC2=O)cc1. The molecule has 1 aromatic carbocycles. The van der Waals surface area contributed by atoms with Crippen molar-refractivity contribution < 1.29 is 14.3 Å².